The molecule has 1 aromatic rings. The molecule has 2 rings (SSSR count). The van der Waals surface area contributed by atoms with Crippen molar-refractivity contribution in [3.8, 4) is 0 Å². The van der Waals surface area contributed by atoms with Gasteiger partial charge in [-0.15, -0.1) is 0 Å². The molecule has 1 aliphatic rings. The summed E-state index contributed by atoms with van der Waals surface area (Å²) in [5.74, 6) is 0. The Morgan fingerprint density at radius 3 is 2.63 bits per heavy atom. The van der Waals surface area contributed by atoms with Gasteiger partial charge >= 0.3 is 0 Å². The minimum Gasteiger partial charge on any atom is -0.310 e. The lowest BCUT2D eigenvalue weighted by Crippen LogP contribution is -2.33. The van der Waals surface area contributed by atoms with Crippen LogP contribution in [0.25, 0.3) is 0 Å². The Labute approximate surface area is 122 Å². The quantitative estimate of drug-likeness (QED) is 0.905. The summed E-state index contributed by atoms with van der Waals surface area (Å²) in [6.45, 7) is 8.00. The molecular formula is C16H25ClN2. The Hall–Kier alpha value is -0.570. The van der Waals surface area contributed by atoms with Crippen molar-refractivity contribution in [2.75, 3.05) is 13.1 Å². The number of nitrogens with one attached hydrogen (secondary N) is 1. The van der Waals surface area contributed by atoms with E-state index in [1.54, 1.807) is 0 Å². The highest BCUT2D eigenvalue weighted by Gasteiger charge is 2.17. The monoisotopic (exact) mass is 280 g/mol. The van der Waals surface area contributed by atoms with E-state index in [1.807, 2.05) is 12.1 Å². The minimum absolute atomic E-state index is 0.652. The molecule has 2 nitrogen and oxygen atoms in total. The maximum atomic E-state index is 5.90. The maximum Gasteiger partial charge on any atom is 0.0406 e. The Morgan fingerprint density at radius 1 is 1.21 bits per heavy atom. The summed E-state index contributed by atoms with van der Waals surface area (Å²) < 4.78 is 0. The van der Waals surface area contributed by atoms with Crippen LogP contribution in [-0.4, -0.2) is 30.1 Å². The minimum atomic E-state index is 0.652. The van der Waals surface area contributed by atoms with Gasteiger partial charge in [0.1, 0.15) is 0 Å². The normalized spacial score (nSPS) is 21.6. The smallest absolute Gasteiger partial charge is 0.0406 e. The summed E-state index contributed by atoms with van der Waals surface area (Å²) in [6, 6.07) is 9.46. The number of likely N-dealkylation sites (tertiary alicyclic amines) is 1. The van der Waals surface area contributed by atoms with Gasteiger partial charge in [0.05, 0.1) is 0 Å². The van der Waals surface area contributed by atoms with E-state index < -0.39 is 0 Å². The highest BCUT2D eigenvalue weighted by atomic mass is 35.5. The van der Waals surface area contributed by atoms with Gasteiger partial charge in [-0.05, 0) is 63.9 Å². The molecule has 0 saturated carbocycles. The molecule has 19 heavy (non-hydrogen) atoms. The first-order valence-electron chi connectivity index (χ1n) is 7.37. The SMILES string of the molecule is CC(C)N1CCCC(NCc2ccc(Cl)cc2)CC1. The molecule has 0 aliphatic carbocycles. The van der Waals surface area contributed by atoms with Crippen LogP contribution < -0.4 is 5.32 Å². The van der Waals surface area contributed by atoms with Crippen LogP contribution >= 0.6 is 11.6 Å². The molecule has 1 heterocycles. The Kier molecular flexibility index (Phi) is 5.68. The summed E-state index contributed by atoms with van der Waals surface area (Å²) in [4.78, 5) is 2.59. The summed E-state index contributed by atoms with van der Waals surface area (Å²) in [7, 11) is 0. The van der Waals surface area contributed by atoms with Crippen molar-refractivity contribution in [1.29, 1.82) is 0 Å². The van der Waals surface area contributed by atoms with Gasteiger partial charge in [0, 0.05) is 23.7 Å². The fourth-order valence-corrected chi connectivity index (χ4v) is 2.83. The molecule has 1 unspecified atom stereocenters. The lowest BCUT2D eigenvalue weighted by molar-refractivity contribution is 0.229. The number of halogens is 1. The predicted octanol–water partition coefficient (Wildman–Crippen LogP) is 3.69. The van der Waals surface area contributed by atoms with Crippen LogP contribution in [-0.2, 0) is 6.54 Å². The van der Waals surface area contributed by atoms with E-state index in [1.165, 1.54) is 37.9 Å². The van der Waals surface area contributed by atoms with Gasteiger partial charge in [0.25, 0.3) is 0 Å². The fourth-order valence-electron chi connectivity index (χ4n) is 2.70. The number of hydrogen-bond donors (Lipinski definition) is 1. The molecule has 1 fully saturated rings. The Bertz CT molecular complexity index is 375. The zero-order valence-electron chi connectivity index (χ0n) is 12.0. The van der Waals surface area contributed by atoms with E-state index in [0.29, 0.717) is 12.1 Å². The fraction of sp³-hybridized carbons (Fsp3) is 0.625. The van der Waals surface area contributed by atoms with Gasteiger partial charge in [-0.3, -0.25) is 0 Å². The molecule has 1 aromatic carbocycles. The molecule has 1 aliphatic heterocycles. The van der Waals surface area contributed by atoms with Gasteiger partial charge in [-0.2, -0.15) is 0 Å². The number of nitrogens with zero attached hydrogens (tertiary/aromatic N) is 1. The van der Waals surface area contributed by atoms with Crippen LogP contribution in [0.5, 0.6) is 0 Å². The zero-order valence-corrected chi connectivity index (χ0v) is 12.8. The van der Waals surface area contributed by atoms with Crippen molar-refractivity contribution >= 4 is 11.6 Å². The molecule has 1 atom stereocenters. The van der Waals surface area contributed by atoms with Crippen molar-refractivity contribution in [2.24, 2.45) is 0 Å². The number of benzene rings is 1. The second kappa shape index (κ2) is 7.28. The first-order chi connectivity index (χ1) is 9.15. The largest absolute Gasteiger partial charge is 0.310 e. The summed E-state index contributed by atoms with van der Waals surface area (Å²) >= 11 is 5.90. The molecule has 0 radical (unpaired) electrons. The highest BCUT2D eigenvalue weighted by Crippen LogP contribution is 2.14. The average Bonchev–Trinajstić information content (AvgIpc) is 2.63. The predicted molar refractivity (Wildman–Crippen MR) is 82.6 cm³/mol. The summed E-state index contributed by atoms with van der Waals surface area (Å²) in [5.41, 5.74) is 1.31. The van der Waals surface area contributed by atoms with Crippen molar-refractivity contribution in [3.05, 3.63) is 34.9 Å². The van der Waals surface area contributed by atoms with Crippen molar-refractivity contribution < 1.29 is 0 Å². The lowest BCUT2D eigenvalue weighted by Gasteiger charge is -2.24. The number of hydrogen-bond acceptors (Lipinski definition) is 2. The molecule has 1 N–H and O–H groups in total. The summed E-state index contributed by atoms with van der Waals surface area (Å²) in [6.07, 6.45) is 3.85. The van der Waals surface area contributed by atoms with Gasteiger partial charge in [0.15, 0.2) is 0 Å². The average molecular weight is 281 g/mol. The van der Waals surface area contributed by atoms with Crippen LogP contribution in [0.2, 0.25) is 5.02 Å². The van der Waals surface area contributed by atoms with Crippen molar-refractivity contribution in [3.63, 3.8) is 0 Å². The van der Waals surface area contributed by atoms with E-state index in [4.69, 9.17) is 11.6 Å². The lowest BCUT2D eigenvalue weighted by atomic mass is 10.1. The van der Waals surface area contributed by atoms with Gasteiger partial charge in [-0.25, -0.2) is 0 Å². The van der Waals surface area contributed by atoms with Crippen LogP contribution in [0.4, 0.5) is 0 Å². The van der Waals surface area contributed by atoms with E-state index in [0.717, 1.165) is 11.6 Å². The second-order valence-electron chi connectivity index (χ2n) is 5.76. The molecule has 106 valence electrons. The Morgan fingerprint density at radius 2 is 1.95 bits per heavy atom. The highest BCUT2D eigenvalue weighted by molar-refractivity contribution is 6.30. The topological polar surface area (TPSA) is 15.3 Å². The zero-order chi connectivity index (χ0) is 13.7. The summed E-state index contributed by atoms with van der Waals surface area (Å²) in [5, 5.41) is 4.50. The number of rotatable bonds is 4. The maximum absolute atomic E-state index is 5.90. The standard InChI is InChI=1S/C16H25ClN2/c1-13(2)19-10-3-4-16(9-11-19)18-12-14-5-7-15(17)8-6-14/h5-8,13,16,18H,3-4,9-12H2,1-2H3. The van der Waals surface area contributed by atoms with Gasteiger partial charge in [-0.1, -0.05) is 23.7 Å². The molecule has 1 saturated heterocycles. The van der Waals surface area contributed by atoms with Crippen molar-refractivity contribution in [2.45, 2.75) is 51.7 Å². The van der Waals surface area contributed by atoms with Crippen molar-refractivity contribution in [1.82, 2.24) is 10.2 Å². The van der Waals surface area contributed by atoms with E-state index in [9.17, 15) is 0 Å². The van der Waals surface area contributed by atoms with Crippen LogP contribution in [0.1, 0.15) is 38.7 Å². The second-order valence-corrected chi connectivity index (χ2v) is 6.20. The first kappa shape index (κ1) is 14.8. The molecule has 0 spiro atoms. The van der Waals surface area contributed by atoms with Crippen LogP contribution in [0.3, 0.4) is 0 Å². The van der Waals surface area contributed by atoms with Crippen LogP contribution in [0, 0.1) is 0 Å². The van der Waals surface area contributed by atoms with Crippen LogP contribution in [0.15, 0.2) is 24.3 Å². The molecule has 0 bridgehead atoms. The first-order valence-corrected chi connectivity index (χ1v) is 7.75. The molecule has 3 heteroatoms. The van der Waals surface area contributed by atoms with E-state index >= 15 is 0 Å². The molecular weight excluding hydrogens is 256 g/mol. The van der Waals surface area contributed by atoms with E-state index in [2.05, 4.69) is 36.2 Å². The third-order valence-electron chi connectivity index (χ3n) is 4.00. The third kappa shape index (κ3) is 4.79. The van der Waals surface area contributed by atoms with Gasteiger partial charge in [0.2, 0.25) is 0 Å². The Balaban J connectivity index is 1.78. The third-order valence-corrected chi connectivity index (χ3v) is 4.25. The van der Waals surface area contributed by atoms with E-state index in [-0.39, 0.29) is 0 Å². The van der Waals surface area contributed by atoms with Gasteiger partial charge < -0.3 is 10.2 Å². The molecule has 0 amide bonds. The molecule has 0 aromatic heterocycles.